The van der Waals surface area contributed by atoms with E-state index in [1.54, 1.807) is 6.92 Å². The SMILES string of the molecule is CC#CCNC(=O)CCC(=O)Nc1c(F)cccc1F. The van der Waals surface area contributed by atoms with E-state index in [1.165, 1.54) is 6.07 Å². The number of nitrogens with one attached hydrogen (secondary N) is 2. The highest BCUT2D eigenvalue weighted by Crippen LogP contribution is 2.18. The summed E-state index contributed by atoms with van der Waals surface area (Å²) in [6.45, 7) is 1.85. The Morgan fingerprint density at radius 2 is 1.75 bits per heavy atom. The number of halogens is 2. The van der Waals surface area contributed by atoms with Crippen LogP contribution < -0.4 is 10.6 Å². The zero-order chi connectivity index (χ0) is 15.0. The van der Waals surface area contributed by atoms with Gasteiger partial charge in [0.2, 0.25) is 11.8 Å². The number of amides is 2. The normalized spacial score (nSPS) is 9.35. The molecule has 0 fully saturated rings. The van der Waals surface area contributed by atoms with Gasteiger partial charge in [-0.05, 0) is 19.1 Å². The summed E-state index contributed by atoms with van der Waals surface area (Å²) in [4.78, 5) is 22.8. The van der Waals surface area contributed by atoms with E-state index < -0.39 is 23.2 Å². The van der Waals surface area contributed by atoms with Crippen molar-refractivity contribution in [3.05, 3.63) is 29.8 Å². The Morgan fingerprint density at radius 1 is 1.15 bits per heavy atom. The monoisotopic (exact) mass is 280 g/mol. The summed E-state index contributed by atoms with van der Waals surface area (Å²) < 4.78 is 26.5. The lowest BCUT2D eigenvalue weighted by Crippen LogP contribution is -2.25. The third-order valence-electron chi connectivity index (χ3n) is 2.36. The molecule has 2 amide bonds. The fourth-order valence-electron chi connectivity index (χ4n) is 1.37. The average molecular weight is 280 g/mol. The fraction of sp³-hybridized carbons (Fsp3) is 0.286. The number of hydrogen-bond donors (Lipinski definition) is 2. The molecule has 1 rings (SSSR count). The maximum absolute atomic E-state index is 13.3. The summed E-state index contributed by atoms with van der Waals surface area (Å²) in [5.41, 5.74) is -0.505. The van der Waals surface area contributed by atoms with Gasteiger partial charge in [-0.15, -0.1) is 5.92 Å². The Kier molecular flexibility index (Phi) is 6.17. The lowest BCUT2D eigenvalue weighted by Gasteiger charge is -2.07. The minimum atomic E-state index is -0.860. The van der Waals surface area contributed by atoms with Crippen molar-refractivity contribution in [3.63, 3.8) is 0 Å². The summed E-state index contributed by atoms with van der Waals surface area (Å²) >= 11 is 0. The van der Waals surface area contributed by atoms with Gasteiger partial charge in [-0.25, -0.2) is 8.78 Å². The van der Waals surface area contributed by atoms with Gasteiger partial charge in [0.1, 0.15) is 17.3 Å². The highest BCUT2D eigenvalue weighted by Gasteiger charge is 2.12. The Hall–Kier alpha value is -2.42. The first-order chi connectivity index (χ1) is 9.54. The number of hydrogen-bond acceptors (Lipinski definition) is 2. The van der Waals surface area contributed by atoms with Crippen LogP contribution in [0.4, 0.5) is 14.5 Å². The largest absolute Gasteiger partial charge is 0.345 e. The van der Waals surface area contributed by atoms with Crippen LogP contribution in [0.25, 0.3) is 0 Å². The zero-order valence-electron chi connectivity index (χ0n) is 10.9. The van der Waals surface area contributed by atoms with Gasteiger partial charge in [0.05, 0.1) is 6.54 Å². The highest BCUT2D eigenvalue weighted by molar-refractivity contribution is 5.93. The molecule has 6 heteroatoms. The quantitative estimate of drug-likeness (QED) is 0.808. The Labute approximate surface area is 115 Å². The first kappa shape index (κ1) is 15.6. The molecule has 1 aromatic rings. The molecule has 0 aromatic heterocycles. The third-order valence-corrected chi connectivity index (χ3v) is 2.36. The van der Waals surface area contributed by atoms with E-state index in [9.17, 15) is 18.4 Å². The van der Waals surface area contributed by atoms with E-state index >= 15 is 0 Å². The number of carbonyl (C=O) groups excluding carboxylic acids is 2. The molecule has 0 atom stereocenters. The average Bonchev–Trinajstić information content (AvgIpc) is 2.41. The van der Waals surface area contributed by atoms with Gasteiger partial charge in [0, 0.05) is 12.8 Å². The molecule has 0 aliphatic carbocycles. The van der Waals surface area contributed by atoms with Crippen molar-refractivity contribution >= 4 is 17.5 Å². The third kappa shape index (κ3) is 5.06. The molecular formula is C14H14F2N2O2. The van der Waals surface area contributed by atoms with Crippen LogP contribution >= 0.6 is 0 Å². The van der Waals surface area contributed by atoms with Crippen LogP contribution in [0.15, 0.2) is 18.2 Å². The lowest BCUT2D eigenvalue weighted by atomic mass is 10.2. The predicted molar refractivity (Wildman–Crippen MR) is 70.7 cm³/mol. The first-order valence-corrected chi connectivity index (χ1v) is 5.94. The second kappa shape index (κ2) is 7.89. The van der Waals surface area contributed by atoms with E-state index in [0.717, 1.165) is 12.1 Å². The van der Waals surface area contributed by atoms with Crippen molar-refractivity contribution in [1.82, 2.24) is 5.32 Å². The maximum Gasteiger partial charge on any atom is 0.225 e. The Bertz CT molecular complexity index is 542. The van der Waals surface area contributed by atoms with Crippen LogP contribution in [0.3, 0.4) is 0 Å². The van der Waals surface area contributed by atoms with Crippen LogP contribution in [0.2, 0.25) is 0 Å². The van der Waals surface area contributed by atoms with Crippen molar-refractivity contribution in [2.75, 3.05) is 11.9 Å². The van der Waals surface area contributed by atoms with Gasteiger partial charge in [0.15, 0.2) is 0 Å². The molecule has 1 aromatic carbocycles. The number of benzene rings is 1. The Morgan fingerprint density at radius 3 is 2.35 bits per heavy atom. The van der Waals surface area contributed by atoms with Crippen LogP contribution in [-0.4, -0.2) is 18.4 Å². The maximum atomic E-state index is 13.3. The van der Waals surface area contributed by atoms with Crippen LogP contribution in [-0.2, 0) is 9.59 Å². The summed E-state index contributed by atoms with van der Waals surface area (Å²) in [7, 11) is 0. The second-order valence-corrected chi connectivity index (χ2v) is 3.85. The molecule has 20 heavy (non-hydrogen) atoms. The second-order valence-electron chi connectivity index (χ2n) is 3.85. The van der Waals surface area contributed by atoms with Gasteiger partial charge in [-0.2, -0.15) is 0 Å². The van der Waals surface area contributed by atoms with E-state index in [2.05, 4.69) is 22.5 Å². The topological polar surface area (TPSA) is 58.2 Å². The van der Waals surface area contributed by atoms with Gasteiger partial charge >= 0.3 is 0 Å². The minimum Gasteiger partial charge on any atom is -0.345 e. The molecular weight excluding hydrogens is 266 g/mol. The molecule has 0 unspecified atom stereocenters. The Balaban J connectivity index is 2.44. The van der Waals surface area contributed by atoms with Crippen molar-refractivity contribution in [1.29, 1.82) is 0 Å². The predicted octanol–water partition coefficient (Wildman–Crippen LogP) is 1.82. The molecule has 0 spiro atoms. The standard InChI is InChI=1S/C14H14F2N2O2/c1-2-3-9-17-12(19)7-8-13(20)18-14-10(15)5-4-6-11(14)16/h4-6H,7-9H2,1H3,(H,17,19)(H,18,20). The first-order valence-electron chi connectivity index (χ1n) is 5.94. The van der Waals surface area contributed by atoms with Crippen LogP contribution in [0.5, 0.6) is 0 Å². The molecule has 0 bridgehead atoms. The van der Waals surface area contributed by atoms with Gasteiger partial charge in [0.25, 0.3) is 0 Å². The number of carbonyl (C=O) groups is 2. The highest BCUT2D eigenvalue weighted by atomic mass is 19.1. The molecule has 4 nitrogen and oxygen atoms in total. The van der Waals surface area contributed by atoms with Gasteiger partial charge in [-0.1, -0.05) is 12.0 Å². The van der Waals surface area contributed by atoms with E-state index in [-0.39, 0.29) is 25.3 Å². The van der Waals surface area contributed by atoms with Crippen molar-refractivity contribution in [2.24, 2.45) is 0 Å². The van der Waals surface area contributed by atoms with Crippen molar-refractivity contribution in [2.45, 2.75) is 19.8 Å². The molecule has 0 aliphatic rings. The molecule has 0 heterocycles. The minimum absolute atomic E-state index is 0.0761. The van der Waals surface area contributed by atoms with E-state index in [1.807, 2.05) is 0 Å². The van der Waals surface area contributed by atoms with E-state index in [0.29, 0.717) is 0 Å². The van der Waals surface area contributed by atoms with Crippen molar-refractivity contribution < 1.29 is 18.4 Å². The summed E-state index contributed by atoms with van der Waals surface area (Å²) in [5, 5.41) is 4.59. The summed E-state index contributed by atoms with van der Waals surface area (Å²) in [5.74, 6) is 2.54. The van der Waals surface area contributed by atoms with E-state index in [4.69, 9.17) is 0 Å². The smallest absolute Gasteiger partial charge is 0.225 e. The molecule has 2 N–H and O–H groups in total. The lowest BCUT2D eigenvalue weighted by molar-refractivity contribution is -0.124. The van der Waals surface area contributed by atoms with Gasteiger partial charge in [-0.3, -0.25) is 9.59 Å². The van der Waals surface area contributed by atoms with Gasteiger partial charge < -0.3 is 10.6 Å². The number of rotatable bonds is 5. The van der Waals surface area contributed by atoms with Crippen LogP contribution in [0.1, 0.15) is 19.8 Å². The molecule has 0 saturated carbocycles. The summed E-state index contributed by atoms with van der Waals surface area (Å²) in [6, 6.07) is 3.27. The van der Waals surface area contributed by atoms with Crippen LogP contribution in [0, 0.1) is 23.5 Å². The number of anilines is 1. The molecule has 0 radical (unpaired) electrons. The fourth-order valence-corrected chi connectivity index (χ4v) is 1.37. The molecule has 0 saturated heterocycles. The number of para-hydroxylation sites is 1. The van der Waals surface area contributed by atoms with Crippen molar-refractivity contribution in [3.8, 4) is 11.8 Å². The summed E-state index contributed by atoms with van der Waals surface area (Å²) in [6.07, 6.45) is -0.244. The molecule has 0 aliphatic heterocycles. The zero-order valence-corrected chi connectivity index (χ0v) is 10.9. The molecule has 106 valence electrons.